The summed E-state index contributed by atoms with van der Waals surface area (Å²) in [7, 11) is 1.61. The highest BCUT2D eigenvalue weighted by Gasteiger charge is 2.33. The van der Waals surface area contributed by atoms with Crippen LogP contribution in [-0.2, 0) is 9.53 Å². The quantitative estimate of drug-likeness (QED) is 0.548. The third-order valence-corrected chi connectivity index (χ3v) is 7.34. The first-order chi connectivity index (χ1) is 16.1. The normalized spacial score (nSPS) is 18.5. The van der Waals surface area contributed by atoms with E-state index in [4.69, 9.17) is 9.72 Å². The highest BCUT2D eigenvalue weighted by molar-refractivity contribution is 7.16. The summed E-state index contributed by atoms with van der Waals surface area (Å²) < 4.78 is 6.22. The Labute approximate surface area is 197 Å². The fourth-order valence-electron chi connectivity index (χ4n) is 4.62. The second kappa shape index (κ2) is 9.08. The molecule has 3 heterocycles. The van der Waals surface area contributed by atoms with Gasteiger partial charge in [0, 0.05) is 44.3 Å². The van der Waals surface area contributed by atoms with Gasteiger partial charge in [0.15, 0.2) is 0 Å². The standard InChI is InChI=1S/C25H27N5O2S/c1-16-14-29(8-9-30(16)23(31)7-10-32-2)25-19(13-26)11-20(24(28-25)17-3-4-17)18-5-6-22-21(12-18)27-15-33-22/h5-6,11-12,15-17H,3-4,7-10,14H2,1-2H3. The molecule has 1 saturated carbocycles. The first kappa shape index (κ1) is 21.8. The largest absolute Gasteiger partial charge is 0.384 e. The number of thiazole rings is 1. The number of hydrogen-bond acceptors (Lipinski definition) is 7. The average Bonchev–Trinajstić information content (AvgIpc) is 3.58. The van der Waals surface area contributed by atoms with Crippen molar-refractivity contribution >= 4 is 33.3 Å². The number of nitrogens with zero attached hydrogens (tertiary/aromatic N) is 5. The van der Waals surface area contributed by atoms with Gasteiger partial charge in [-0.15, -0.1) is 11.3 Å². The van der Waals surface area contributed by atoms with Crippen molar-refractivity contribution in [2.75, 3.05) is 38.3 Å². The maximum Gasteiger partial charge on any atom is 0.225 e. The van der Waals surface area contributed by atoms with Crippen LogP contribution in [0.15, 0.2) is 29.8 Å². The maximum atomic E-state index is 12.5. The van der Waals surface area contributed by atoms with Crippen LogP contribution in [0.4, 0.5) is 5.82 Å². The first-order valence-corrected chi connectivity index (χ1v) is 12.3. The molecule has 2 aliphatic rings. The third-order valence-electron chi connectivity index (χ3n) is 6.53. The fraction of sp³-hybridized carbons (Fsp3) is 0.440. The zero-order valence-electron chi connectivity index (χ0n) is 19.0. The number of hydrogen-bond donors (Lipinski definition) is 0. The minimum atomic E-state index is 0.0487. The Balaban J connectivity index is 1.46. The number of ether oxygens (including phenoxy) is 1. The highest BCUT2D eigenvalue weighted by Crippen LogP contribution is 2.45. The summed E-state index contributed by atoms with van der Waals surface area (Å²) in [6.45, 7) is 4.44. The molecule has 2 aromatic heterocycles. The Morgan fingerprint density at radius 2 is 2.15 bits per heavy atom. The van der Waals surface area contributed by atoms with Gasteiger partial charge in [-0.3, -0.25) is 4.79 Å². The van der Waals surface area contributed by atoms with Gasteiger partial charge in [-0.1, -0.05) is 6.07 Å². The minimum Gasteiger partial charge on any atom is -0.384 e. The Hall–Kier alpha value is -3.02. The third kappa shape index (κ3) is 4.31. The van der Waals surface area contributed by atoms with Crippen LogP contribution in [0.5, 0.6) is 0 Å². The molecule has 1 unspecified atom stereocenters. The molecule has 2 fully saturated rings. The zero-order valence-corrected chi connectivity index (χ0v) is 19.8. The van der Waals surface area contributed by atoms with Gasteiger partial charge in [0.2, 0.25) is 5.91 Å². The second-order valence-electron chi connectivity index (χ2n) is 8.84. The average molecular weight is 462 g/mol. The van der Waals surface area contributed by atoms with Crippen molar-refractivity contribution in [1.29, 1.82) is 5.26 Å². The van der Waals surface area contributed by atoms with E-state index >= 15 is 0 Å². The lowest BCUT2D eigenvalue weighted by Crippen LogP contribution is -2.54. The van der Waals surface area contributed by atoms with Gasteiger partial charge in [-0.25, -0.2) is 9.97 Å². The van der Waals surface area contributed by atoms with E-state index in [0.29, 0.717) is 44.1 Å². The molecule has 1 atom stereocenters. The van der Waals surface area contributed by atoms with Crippen LogP contribution in [0.1, 0.15) is 43.4 Å². The van der Waals surface area contributed by atoms with Crippen molar-refractivity contribution in [1.82, 2.24) is 14.9 Å². The van der Waals surface area contributed by atoms with Crippen molar-refractivity contribution in [3.05, 3.63) is 41.0 Å². The van der Waals surface area contributed by atoms with Gasteiger partial charge in [0.1, 0.15) is 11.9 Å². The van der Waals surface area contributed by atoms with E-state index in [1.54, 1.807) is 18.4 Å². The molecular weight excluding hydrogens is 434 g/mol. The summed E-state index contributed by atoms with van der Waals surface area (Å²) in [4.78, 5) is 26.2. The lowest BCUT2D eigenvalue weighted by atomic mass is 9.98. The smallest absolute Gasteiger partial charge is 0.225 e. The number of piperazine rings is 1. The second-order valence-corrected chi connectivity index (χ2v) is 9.72. The van der Waals surface area contributed by atoms with Gasteiger partial charge in [0.05, 0.1) is 40.0 Å². The zero-order chi connectivity index (χ0) is 22.9. The van der Waals surface area contributed by atoms with Gasteiger partial charge < -0.3 is 14.5 Å². The maximum absolute atomic E-state index is 12.5. The van der Waals surface area contributed by atoms with Crippen LogP contribution < -0.4 is 4.90 Å². The van der Waals surface area contributed by atoms with E-state index in [9.17, 15) is 10.1 Å². The topological polar surface area (TPSA) is 82.3 Å². The van der Waals surface area contributed by atoms with Crippen LogP contribution in [0.3, 0.4) is 0 Å². The molecule has 0 bridgehead atoms. The number of carbonyl (C=O) groups excluding carboxylic acids is 1. The number of amides is 1. The molecule has 0 radical (unpaired) electrons. The Bertz CT molecular complexity index is 1230. The van der Waals surface area contributed by atoms with Gasteiger partial charge in [-0.05, 0) is 43.5 Å². The monoisotopic (exact) mass is 461 g/mol. The predicted molar refractivity (Wildman–Crippen MR) is 129 cm³/mol. The SMILES string of the molecule is COCCC(=O)N1CCN(c2nc(C3CC3)c(-c3ccc4scnc4c3)cc2C#N)CC1C. The Morgan fingerprint density at radius 3 is 2.88 bits per heavy atom. The van der Waals surface area contributed by atoms with Gasteiger partial charge >= 0.3 is 0 Å². The molecule has 33 heavy (non-hydrogen) atoms. The number of anilines is 1. The summed E-state index contributed by atoms with van der Waals surface area (Å²) in [6.07, 6.45) is 2.65. The number of nitriles is 1. The van der Waals surface area contributed by atoms with E-state index in [0.717, 1.165) is 45.7 Å². The molecule has 7 nitrogen and oxygen atoms in total. The molecule has 1 aromatic carbocycles. The van der Waals surface area contributed by atoms with E-state index in [-0.39, 0.29) is 11.9 Å². The van der Waals surface area contributed by atoms with Crippen molar-refractivity contribution in [2.45, 2.75) is 38.1 Å². The molecule has 1 saturated heterocycles. The lowest BCUT2D eigenvalue weighted by Gasteiger charge is -2.41. The molecule has 0 N–H and O–H groups in total. The van der Waals surface area contributed by atoms with Crippen LogP contribution in [-0.4, -0.2) is 60.2 Å². The number of pyridine rings is 1. The molecule has 3 aromatic rings. The predicted octanol–water partition coefficient (Wildman–Crippen LogP) is 4.18. The summed E-state index contributed by atoms with van der Waals surface area (Å²) >= 11 is 1.63. The van der Waals surface area contributed by atoms with Crippen LogP contribution in [0.2, 0.25) is 0 Å². The Kier molecular flexibility index (Phi) is 6.00. The van der Waals surface area contributed by atoms with E-state index in [1.165, 1.54) is 0 Å². The van der Waals surface area contributed by atoms with E-state index in [1.807, 2.05) is 16.5 Å². The minimum absolute atomic E-state index is 0.0487. The van der Waals surface area contributed by atoms with Crippen molar-refractivity contribution in [3.8, 4) is 17.2 Å². The summed E-state index contributed by atoms with van der Waals surface area (Å²) in [5.74, 6) is 1.30. The molecule has 5 rings (SSSR count). The van der Waals surface area contributed by atoms with Crippen molar-refractivity contribution < 1.29 is 9.53 Å². The van der Waals surface area contributed by atoms with Gasteiger partial charge in [0.25, 0.3) is 0 Å². The molecule has 8 heteroatoms. The lowest BCUT2D eigenvalue weighted by molar-refractivity contribution is -0.134. The Morgan fingerprint density at radius 1 is 1.30 bits per heavy atom. The number of methoxy groups -OCH3 is 1. The summed E-state index contributed by atoms with van der Waals surface area (Å²) in [5, 5.41) is 10.0. The van der Waals surface area contributed by atoms with Crippen LogP contribution in [0.25, 0.3) is 21.3 Å². The fourth-order valence-corrected chi connectivity index (χ4v) is 5.28. The van der Waals surface area contributed by atoms with Crippen molar-refractivity contribution in [2.24, 2.45) is 0 Å². The van der Waals surface area contributed by atoms with E-state index in [2.05, 4.69) is 41.1 Å². The number of rotatable bonds is 6. The number of benzene rings is 1. The van der Waals surface area contributed by atoms with Crippen LogP contribution >= 0.6 is 11.3 Å². The van der Waals surface area contributed by atoms with Crippen LogP contribution in [0, 0.1) is 11.3 Å². The number of fused-ring (bicyclic) bond motifs is 1. The molecular formula is C25H27N5O2S. The van der Waals surface area contributed by atoms with Gasteiger partial charge in [-0.2, -0.15) is 5.26 Å². The molecule has 170 valence electrons. The molecule has 1 aliphatic heterocycles. The molecule has 1 amide bonds. The van der Waals surface area contributed by atoms with E-state index < -0.39 is 0 Å². The highest BCUT2D eigenvalue weighted by atomic mass is 32.1. The number of aromatic nitrogens is 2. The molecule has 1 aliphatic carbocycles. The number of carbonyl (C=O) groups is 1. The summed E-state index contributed by atoms with van der Waals surface area (Å²) in [6, 6.07) is 10.7. The van der Waals surface area contributed by atoms with Crippen molar-refractivity contribution in [3.63, 3.8) is 0 Å². The molecule has 0 spiro atoms. The first-order valence-electron chi connectivity index (χ1n) is 11.4. The summed E-state index contributed by atoms with van der Waals surface area (Å²) in [5.41, 5.74) is 6.59.